The number of hydrogen-bond donors (Lipinski definition) is 0. The van der Waals surface area contributed by atoms with Crippen molar-refractivity contribution in [2.24, 2.45) is 5.92 Å². The second kappa shape index (κ2) is 5.07. The van der Waals surface area contributed by atoms with Gasteiger partial charge in [-0.2, -0.15) is 0 Å². The number of amides is 2. The molecule has 0 spiro atoms. The summed E-state index contributed by atoms with van der Waals surface area (Å²) < 4.78 is 0. The van der Waals surface area contributed by atoms with Gasteiger partial charge in [-0.25, -0.2) is 4.79 Å². The SMILES string of the molecule is CC1CCN(C(=O)N2CCCCC2)C(C)C1. The van der Waals surface area contributed by atoms with Crippen LogP contribution < -0.4 is 0 Å². The Labute approximate surface area is 98.8 Å². The number of rotatable bonds is 0. The lowest BCUT2D eigenvalue weighted by Crippen LogP contribution is -2.51. The van der Waals surface area contributed by atoms with Gasteiger partial charge in [0.05, 0.1) is 0 Å². The van der Waals surface area contributed by atoms with Crippen LogP contribution in [0.2, 0.25) is 0 Å². The molecule has 2 rings (SSSR count). The highest BCUT2D eigenvalue weighted by atomic mass is 16.2. The minimum atomic E-state index is 0.291. The summed E-state index contributed by atoms with van der Waals surface area (Å²) in [5.74, 6) is 0.778. The maximum Gasteiger partial charge on any atom is 0.320 e. The summed E-state index contributed by atoms with van der Waals surface area (Å²) in [7, 11) is 0. The molecule has 2 heterocycles. The first-order valence-electron chi connectivity index (χ1n) is 6.74. The Bertz CT molecular complexity index is 248. The summed E-state index contributed by atoms with van der Waals surface area (Å²) in [5, 5.41) is 0. The Balaban J connectivity index is 1.92. The van der Waals surface area contributed by atoms with E-state index in [4.69, 9.17) is 0 Å². The van der Waals surface area contributed by atoms with E-state index in [0.29, 0.717) is 12.1 Å². The molecular weight excluding hydrogens is 200 g/mol. The van der Waals surface area contributed by atoms with Crippen molar-refractivity contribution >= 4 is 6.03 Å². The third kappa shape index (κ3) is 2.50. The van der Waals surface area contributed by atoms with Crippen molar-refractivity contribution in [1.29, 1.82) is 0 Å². The maximum atomic E-state index is 12.3. The van der Waals surface area contributed by atoms with Crippen LogP contribution in [-0.4, -0.2) is 41.5 Å². The van der Waals surface area contributed by atoms with E-state index in [-0.39, 0.29) is 0 Å². The molecule has 0 aromatic carbocycles. The van der Waals surface area contributed by atoms with Gasteiger partial charge < -0.3 is 9.80 Å². The molecule has 0 aromatic rings. The fourth-order valence-corrected chi connectivity index (χ4v) is 2.96. The summed E-state index contributed by atoms with van der Waals surface area (Å²) in [6.45, 7) is 7.38. The lowest BCUT2D eigenvalue weighted by molar-refractivity contribution is 0.101. The van der Waals surface area contributed by atoms with Crippen molar-refractivity contribution < 1.29 is 4.79 Å². The maximum absolute atomic E-state index is 12.3. The van der Waals surface area contributed by atoms with Gasteiger partial charge in [-0.05, 0) is 44.9 Å². The molecule has 2 amide bonds. The van der Waals surface area contributed by atoms with Gasteiger partial charge >= 0.3 is 6.03 Å². The zero-order chi connectivity index (χ0) is 11.5. The van der Waals surface area contributed by atoms with Gasteiger partial charge in [0.1, 0.15) is 0 Å². The monoisotopic (exact) mass is 224 g/mol. The van der Waals surface area contributed by atoms with Gasteiger partial charge in [0.15, 0.2) is 0 Å². The summed E-state index contributed by atoms with van der Waals surface area (Å²) in [6, 6.07) is 0.720. The van der Waals surface area contributed by atoms with E-state index in [1.807, 2.05) is 0 Å². The number of piperidine rings is 2. The van der Waals surface area contributed by atoms with Crippen LogP contribution in [0, 0.1) is 5.92 Å². The van der Waals surface area contributed by atoms with Gasteiger partial charge in [-0.1, -0.05) is 6.92 Å². The third-order valence-electron chi connectivity index (χ3n) is 4.01. The lowest BCUT2D eigenvalue weighted by atomic mass is 9.93. The first-order chi connectivity index (χ1) is 7.68. The minimum Gasteiger partial charge on any atom is -0.325 e. The van der Waals surface area contributed by atoms with Crippen LogP contribution in [0.5, 0.6) is 0 Å². The van der Waals surface area contributed by atoms with Crippen molar-refractivity contribution in [2.45, 2.75) is 52.0 Å². The van der Waals surface area contributed by atoms with Crippen molar-refractivity contribution in [3.63, 3.8) is 0 Å². The van der Waals surface area contributed by atoms with E-state index < -0.39 is 0 Å². The minimum absolute atomic E-state index is 0.291. The molecular formula is C13H24N2O. The molecule has 0 saturated carbocycles. The average Bonchev–Trinajstić information content (AvgIpc) is 2.29. The number of hydrogen-bond acceptors (Lipinski definition) is 1. The van der Waals surface area contributed by atoms with E-state index in [2.05, 4.69) is 23.6 Å². The molecule has 2 saturated heterocycles. The predicted octanol–water partition coefficient (Wildman–Crippen LogP) is 2.71. The van der Waals surface area contributed by atoms with E-state index in [9.17, 15) is 4.79 Å². The standard InChI is InChI=1S/C13H24N2O/c1-11-6-9-15(12(2)10-11)13(16)14-7-4-3-5-8-14/h11-12H,3-10H2,1-2H3. The molecule has 3 nitrogen and oxygen atoms in total. The van der Waals surface area contributed by atoms with E-state index in [1.54, 1.807) is 0 Å². The van der Waals surface area contributed by atoms with E-state index in [0.717, 1.165) is 25.6 Å². The van der Waals surface area contributed by atoms with Gasteiger partial charge in [-0.15, -0.1) is 0 Å². The predicted molar refractivity (Wildman–Crippen MR) is 65.4 cm³/mol. The van der Waals surface area contributed by atoms with Gasteiger partial charge in [0.2, 0.25) is 0 Å². The molecule has 16 heavy (non-hydrogen) atoms. The second-order valence-corrected chi connectivity index (χ2v) is 5.50. The van der Waals surface area contributed by atoms with Crippen molar-refractivity contribution in [2.75, 3.05) is 19.6 Å². The molecule has 0 bridgehead atoms. The Morgan fingerprint density at radius 2 is 1.75 bits per heavy atom. The quantitative estimate of drug-likeness (QED) is 0.620. The molecule has 2 aliphatic rings. The summed E-state index contributed by atoms with van der Waals surface area (Å²) in [5.41, 5.74) is 0. The lowest BCUT2D eigenvalue weighted by Gasteiger charge is -2.40. The van der Waals surface area contributed by atoms with Crippen molar-refractivity contribution in [3.8, 4) is 0 Å². The Hall–Kier alpha value is -0.730. The number of carbonyl (C=O) groups is 1. The van der Waals surface area contributed by atoms with Crippen LogP contribution in [0.4, 0.5) is 4.79 Å². The third-order valence-corrected chi connectivity index (χ3v) is 4.01. The van der Waals surface area contributed by atoms with Crippen LogP contribution in [0.1, 0.15) is 46.0 Å². The largest absolute Gasteiger partial charge is 0.325 e. The highest BCUT2D eigenvalue weighted by Gasteiger charge is 2.30. The first kappa shape index (κ1) is 11.7. The highest BCUT2D eigenvalue weighted by molar-refractivity contribution is 5.75. The molecule has 2 fully saturated rings. The van der Waals surface area contributed by atoms with Gasteiger partial charge in [0.25, 0.3) is 0 Å². The van der Waals surface area contributed by atoms with Gasteiger partial charge in [0, 0.05) is 25.7 Å². The summed E-state index contributed by atoms with van der Waals surface area (Å²) in [4.78, 5) is 16.5. The molecule has 92 valence electrons. The topological polar surface area (TPSA) is 23.6 Å². The average molecular weight is 224 g/mol. The first-order valence-corrected chi connectivity index (χ1v) is 6.74. The van der Waals surface area contributed by atoms with Gasteiger partial charge in [-0.3, -0.25) is 0 Å². The van der Waals surface area contributed by atoms with Crippen molar-refractivity contribution in [3.05, 3.63) is 0 Å². The van der Waals surface area contributed by atoms with Crippen molar-refractivity contribution in [1.82, 2.24) is 9.80 Å². The fourth-order valence-electron chi connectivity index (χ4n) is 2.96. The molecule has 0 N–H and O–H groups in total. The normalized spacial score (nSPS) is 31.6. The molecule has 2 aliphatic heterocycles. The molecule has 3 heteroatoms. The van der Waals surface area contributed by atoms with E-state index in [1.165, 1.54) is 32.1 Å². The van der Waals surface area contributed by atoms with E-state index >= 15 is 0 Å². The smallest absolute Gasteiger partial charge is 0.320 e. The van der Waals surface area contributed by atoms with Crippen LogP contribution in [0.15, 0.2) is 0 Å². The van der Waals surface area contributed by atoms with Crippen LogP contribution >= 0.6 is 0 Å². The number of nitrogens with zero attached hydrogens (tertiary/aromatic N) is 2. The molecule has 0 aromatic heterocycles. The highest BCUT2D eigenvalue weighted by Crippen LogP contribution is 2.24. The zero-order valence-corrected chi connectivity index (χ0v) is 10.6. The number of likely N-dealkylation sites (tertiary alicyclic amines) is 2. The molecule has 0 aliphatic carbocycles. The molecule has 2 atom stereocenters. The van der Waals surface area contributed by atoms with Crippen LogP contribution in [0.3, 0.4) is 0 Å². The zero-order valence-electron chi connectivity index (χ0n) is 10.6. The Kier molecular flexibility index (Phi) is 3.72. The van der Waals surface area contributed by atoms with Crippen LogP contribution in [0.25, 0.3) is 0 Å². The fraction of sp³-hybridized carbons (Fsp3) is 0.923. The Morgan fingerprint density at radius 3 is 2.38 bits per heavy atom. The summed E-state index contributed by atoms with van der Waals surface area (Å²) in [6.07, 6.45) is 5.99. The molecule has 0 radical (unpaired) electrons. The second-order valence-electron chi connectivity index (χ2n) is 5.50. The Morgan fingerprint density at radius 1 is 1.06 bits per heavy atom. The summed E-state index contributed by atoms with van der Waals surface area (Å²) >= 11 is 0. The number of carbonyl (C=O) groups excluding carboxylic acids is 1. The molecule has 2 unspecified atom stereocenters. The number of urea groups is 1. The van der Waals surface area contributed by atoms with Crippen LogP contribution in [-0.2, 0) is 0 Å².